The second kappa shape index (κ2) is 16.7. The third-order valence-corrected chi connectivity index (χ3v) is 15.0. The van der Waals surface area contributed by atoms with Gasteiger partial charge in [-0.15, -0.1) is 0 Å². The first-order valence-corrected chi connectivity index (χ1v) is 23.4. The second-order valence-corrected chi connectivity index (χ2v) is 19.5. The van der Waals surface area contributed by atoms with Crippen molar-refractivity contribution in [2.45, 2.75) is 49.8 Å². The highest BCUT2D eigenvalue weighted by molar-refractivity contribution is 7.90. The molecule has 2 saturated heterocycles. The van der Waals surface area contributed by atoms with E-state index in [9.17, 15) is 23.3 Å². The van der Waals surface area contributed by atoms with Gasteiger partial charge in [-0.1, -0.05) is 29.3 Å². The summed E-state index contributed by atoms with van der Waals surface area (Å²) in [5.41, 5.74) is 7.71. The summed E-state index contributed by atoms with van der Waals surface area (Å²) in [6.07, 6.45) is 11.2. The van der Waals surface area contributed by atoms with Crippen LogP contribution in [-0.4, -0.2) is 96.4 Å². The number of piperazine rings is 1. The van der Waals surface area contributed by atoms with Crippen LogP contribution in [0.2, 0.25) is 5.02 Å². The van der Waals surface area contributed by atoms with Crippen LogP contribution in [0.1, 0.15) is 60.9 Å². The Balaban J connectivity index is 0.909. The molecule has 0 atom stereocenters. The van der Waals surface area contributed by atoms with Crippen molar-refractivity contribution < 1.29 is 22.9 Å². The molecular weight excluding hydrogens is 842 g/mol. The lowest BCUT2D eigenvalue weighted by atomic mass is 9.78. The average molecular weight is 890 g/mol. The van der Waals surface area contributed by atoms with Crippen LogP contribution in [0.4, 0.5) is 17.1 Å². The number of sulfonamides is 1. The number of benzene rings is 3. The van der Waals surface area contributed by atoms with Crippen molar-refractivity contribution in [3.63, 3.8) is 0 Å². The molecule has 1 amide bonds. The van der Waals surface area contributed by atoms with Gasteiger partial charge in [0.15, 0.2) is 0 Å². The fraction of sp³-hybridized carbons (Fsp3) is 0.370. The van der Waals surface area contributed by atoms with Crippen LogP contribution >= 0.6 is 11.6 Å². The minimum Gasteiger partial charge on any atom is -0.381 e. The minimum atomic E-state index is -4.56. The van der Waals surface area contributed by atoms with Gasteiger partial charge in [-0.2, -0.15) is 5.10 Å². The van der Waals surface area contributed by atoms with Gasteiger partial charge in [-0.25, -0.2) is 22.8 Å². The normalized spacial score (nSPS) is 18.3. The summed E-state index contributed by atoms with van der Waals surface area (Å²) < 4.78 is 36.9. The molecule has 0 unspecified atom stereocenters. The summed E-state index contributed by atoms with van der Waals surface area (Å²) in [4.78, 5) is 37.9. The standard InChI is InChI=1S/C46H48ClN9O6S/c47-34-3-1-31(2-4-34)38-26-46(14-15-46)13-9-33(38)29-53-17-19-54(20-18-53)35-5-7-37(41(24-35)55-42-23-32-10-16-48-44(32)51-40(42)28-50-55)45(57)52-63(60,61)36-6-8-39(43(25-36)56(58)59)49-27-30-11-21-62-22-12-30/h1-8,10,16,23-25,28,30,49H,9,11-15,17-22,26-27,29H2,(H,48,51)(H,52,57). The molecule has 3 N–H and O–H groups in total. The van der Waals surface area contributed by atoms with Crippen LogP contribution in [0.5, 0.6) is 0 Å². The second-order valence-electron chi connectivity index (χ2n) is 17.4. The lowest BCUT2D eigenvalue weighted by Crippen LogP contribution is -2.47. The van der Waals surface area contributed by atoms with Gasteiger partial charge in [0.2, 0.25) is 0 Å². The number of amides is 1. The summed E-state index contributed by atoms with van der Waals surface area (Å²) in [5, 5.41) is 21.5. The van der Waals surface area contributed by atoms with E-state index in [-0.39, 0.29) is 17.2 Å². The van der Waals surface area contributed by atoms with Crippen molar-refractivity contribution in [2.24, 2.45) is 11.3 Å². The number of nitrogens with one attached hydrogen (secondary N) is 3. The molecule has 0 radical (unpaired) electrons. The number of allylic oxidation sites excluding steroid dienone is 1. The third kappa shape index (κ3) is 8.52. The molecule has 3 fully saturated rings. The number of ether oxygens (including phenoxy) is 1. The highest BCUT2D eigenvalue weighted by Crippen LogP contribution is 2.59. The Hall–Kier alpha value is -5.81. The number of aromatic amines is 1. The molecular formula is C46H48ClN9O6S. The maximum Gasteiger partial charge on any atom is 0.293 e. The number of halogens is 1. The number of fused-ring (bicyclic) bond motifs is 2. The zero-order valence-electron chi connectivity index (χ0n) is 34.7. The minimum absolute atomic E-state index is 0.0526. The summed E-state index contributed by atoms with van der Waals surface area (Å²) >= 11 is 6.27. The van der Waals surface area contributed by atoms with Crippen molar-refractivity contribution in [3.05, 3.63) is 117 Å². The monoisotopic (exact) mass is 889 g/mol. The Morgan fingerprint density at radius 3 is 2.54 bits per heavy atom. The molecule has 10 rings (SSSR count). The first-order chi connectivity index (χ1) is 30.5. The third-order valence-electron chi connectivity index (χ3n) is 13.4. The van der Waals surface area contributed by atoms with Crippen LogP contribution in [0.15, 0.2) is 95.7 Å². The number of carbonyl (C=O) groups is 1. The van der Waals surface area contributed by atoms with Gasteiger partial charge < -0.3 is 19.9 Å². The zero-order valence-corrected chi connectivity index (χ0v) is 36.3. The van der Waals surface area contributed by atoms with Crippen molar-refractivity contribution >= 4 is 72.2 Å². The van der Waals surface area contributed by atoms with Gasteiger partial charge in [0.05, 0.1) is 32.8 Å². The van der Waals surface area contributed by atoms with Gasteiger partial charge in [-0.3, -0.25) is 19.8 Å². The van der Waals surface area contributed by atoms with E-state index in [1.807, 2.05) is 36.4 Å². The first-order valence-electron chi connectivity index (χ1n) is 21.6. The fourth-order valence-corrected chi connectivity index (χ4v) is 10.6. The molecule has 326 valence electrons. The fourth-order valence-electron chi connectivity index (χ4n) is 9.44. The van der Waals surface area contributed by atoms with E-state index >= 15 is 0 Å². The SMILES string of the molecule is O=C(NS(=O)(=O)c1ccc(NCC2CCOCC2)c([N+](=O)[O-])c1)c1ccc(N2CCN(CC3=C(c4ccc(Cl)cc4)CC4(CC3)CC4)CC2)cc1-n1ncc2nc3[nH]ccc3cc21. The van der Waals surface area contributed by atoms with Crippen LogP contribution < -0.4 is 14.9 Å². The van der Waals surface area contributed by atoms with E-state index in [1.54, 1.807) is 23.1 Å². The Kier molecular flexibility index (Phi) is 10.9. The van der Waals surface area contributed by atoms with Crippen LogP contribution in [0.3, 0.4) is 0 Å². The number of nitrogens with zero attached hydrogens (tertiary/aromatic N) is 6. The topological polar surface area (TPSA) is 181 Å². The smallest absolute Gasteiger partial charge is 0.293 e. The molecule has 2 aliphatic heterocycles. The van der Waals surface area contributed by atoms with E-state index < -0.39 is 31.4 Å². The van der Waals surface area contributed by atoms with E-state index in [0.717, 1.165) is 80.6 Å². The van der Waals surface area contributed by atoms with Gasteiger partial charge >= 0.3 is 0 Å². The maximum absolute atomic E-state index is 14.2. The van der Waals surface area contributed by atoms with E-state index in [4.69, 9.17) is 21.3 Å². The molecule has 6 aromatic rings. The van der Waals surface area contributed by atoms with Gasteiger partial charge in [0.25, 0.3) is 21.6 Å². The van der Waals surface area contributed by atoms with Gasteiger partial charge in [-0.05, 0) is 122 Å². The van der Waals surface area contributed by atoms with Crippen LogP contribution in [-0.2, 0) is 14.8 Å². The molecule has 1 saturated carbocycles. The van der Waals surface area contributed by atoms with Gasteiger partial charge in [0, 0.05) is 80.8 Å². The lowest BCUT2D eigenvalue weighted by Gasteiger charge is -2.38. The highest BCUT2D eigenvalue weighted by Gasteiger charge is 2.45. The summed E-state index contributed by atoms with van der Waals surface area (Å²) in [6, 6.07) is 21.0. The Morgan fingerprint density at radius 1 is 0.984 bits per heavy atom. The molecule has 1 spiro atoms. The molecule has 15 nitrogen and oxygen atoms in total. The zero-order chi connectivity index (χ0) is 43.3. The van der Waals surface area contributed by atoms with Crippen LogP contribution in [0, 0.1) is 21.4 Å². The van der Waals surface area contributed by atoms with Crippen molar-refractivity contribution in [3.8, 4) is 5.69 Å². The van der Waals surface area contributed by atoms with Gasteiger partial charge in [0.1, 0.15) is 16.9 Å². The summed E-state index contributed by atoms with van der Waals surface area (Å²) in [6.45, 7) is 5.84. The van der Waals surface area contributed by atoms with Crippen molar-refractivity contribution in [1.82, 2.24) is 29.4 Å². The van der Waals surface area contributed by atoms with Crippen molar-refractivity contribution in [1.29, 1.82) is 0 Å². The lowest BCUT2D eigenvalue weighted by molar-refractivity contribution is -0.384. The number of nitro groups is 1. The maximum atomic E-state index is 14.2. The summed E-state index contributed by atoms with van der Waals surface area (Å²) in [5.74, 6) is -0.632. The van der Waals surface area contributed by atoms with Crippen molar-refractivity contribution in [2.75, 3.05) is 62.7 Å². The molecule has 3 aromatic carbocycles. The number of hydrogen-bond donors (Lipinski definition) is 3. The molecule has 5 heterocycles. The number of pyridine rings is 1. The number of anilines is 2. The van der Waals surface area contributed by atoms with E-state index in [0.29, 0.717) is 47.5 Å². The Morgan fingerprint density at radius 2 is 1.78 bits per heavy atom. The molecule has 3 aromatic heterocycles. The first kappa shape index (κ1) is 41.2. The number of H-pyrrole nitrogens is 1. The quantitative estimate of drug-likeness (QED) is 0.0802. The highest BCUT2D eigenvalue weighted by atomic mass is 35.5. The average Bonchev–Trinajstić information content (AvgIpc) is 3.66. The number of rotatable bonds is 12. The molecule has 2 aliphatic carbocycles. The number of carbonyl (C=O) groups excluding carboxylic acids is 1. The molecule has 4 aliphatic rings. The predicted molar refractivity (Wildman–Crippen MR) is 243 cm³/mol. The summed E-state index contributed by atoms with van der Waals surface area (Å²) in [7, 11) is -4.56. The largest absolute Gasteiger partial charge is 0.381 e. The number of hydrogen-bond acceptors (Lipinski definition) is 11. The number of aromatic nitrogens is 4. The molecule has 17 heteroatoms. The van der Waals surface area contributed by atoms with Crippen LogP contribution in [0.25, 0.3) is 33.3 Å². The molecule has 0 bridgehead atoms. The molecule has 63 heavy (non-hydrogen) atoms. The Labute approximate surface area is 369 Å². The Bertz CT molecular complexity index is 2880. The van der Waals surface area contributed by atoms with E-state index in [2.05, 4.69) is 42.1 Å². The predicted octanol–water partition coefficient (Wildman–Crippen LogP) is 7.96. The van der Waals surface area contributed by atoms with E-state index in [1.165, 1.54) is 48.1 Å². The number of nitro benzene ring substituents is 1.